The second-order valence-corrected chi connectivity index (χ2v) is 10.2. The molecule has 1 aromatic carbocycles. The van der Waals surface area contributed by atoms with Crippen LogP contribution in [0.1, 0.15) is 26.0 Å². The number of rotatable bonds is 7. The first kappa shape index (κ1) is 23.4. The van der Waals surface area contributed by atoms with Crippen molar-refractivity contribution in [3.05, 3.63) is 34.2 Å². The Morgan fingerprint density at radius 3 is 2.52 bits per heavy atom. The second kappa shape index (κ2) is 9.24. The van der Waals surface area contributed by atoms with Crippen molar-refractivity contribution in [2.24, 2.45) is 7.05 Å². The van der Waals surface area contributed by atoms with E-state index >= 15 is 0 Å². The van der Waals surface area contributed by atoms with Gasteiger partial charge in [-0.05, 0) is 38.6 Å². The molecule has 178 valence electrons. The Kier molecular flexibility index (Phi) is 6.55. The Hall–Kier alpha value is -2.76. The molecule has 0 spiro atoms. The molecule has 1 fully saturated rings. The van der Waals surface area contributed by atoms with Gasteiger partial charge in [0.1, 0.15) is 17.0 Å². The first-order valence-corrected chi connectivity index (χ1v) is 12.6. The third kappa shape index (κ3) is 4.40. The molecule has 3 heterocycles. The summed E-state index contributed by atoms with van der Waals surface area (Å²) in [4.78, 5) is 22.8. The van der Waals surface area contributed by atoms with Gasteiger partial charge in [0, 0.05) is 38.8 Å². The van der Waals surface area contributed by atoms with Crippen LogP contribution in [-0.4, -0.2) is 77.2 Å². The van der Waals surface area contributed by atoms with E-state index < -0.39 is 15.6 Å². The Bertz CT molecular complexity index is 1320. The normalized spacial score (nSPS) is 15.9. The fourth-order valence-electron chi connectivity index (χ4n) is 4.06. The lowest BCUT2D eigenvalue weighted by Gasteiger charge is -2.31. The predicted octanol–water partition coefficient (Wildman–Crippen LogP) is 1.61. The fraction of sp³-hybridized carbons (Fsp3) is 0.500. The molecular weight excluding hydrogens is 444 g/mol. The second-order valence-electron chi connectivity index (χ2n) is 8.23. The summed E-state index contributed by atoms with van der Waals surface area (Å²) < 4.78 is 35.5. The van der Waals surface area contributed by atoms with Crippen LogP contribution in [0.3, 0.4) is 0 Å². The number of fused-ring (bicyclic) bond motifs is 1. The summed E-state index contributed by atoms with van der Waals surface area (Å²) >= 11 is 0. The zero-order valence-corrected chi connectivity index (χ0v) is 20.3. The van der Waals surface area contributed by atoms with Gasteiger partial charge in [-0.15, -0.1) is 0 Å². The third-order valence-corrected chi connectivity index (χ3v) is 7.75. The number of ether oxygens (including phenoxy) is 1. The summed E-state index contributed by atoms with van der Waals surface area (Å²) in [5, 5.41) is 4.48. The number of nitrogens with zero attached hydrogens (tertiary/aromatic N) is 5. The van der Waals surface area contributed by atoms with Gasteiger partial charge in [0.15, 0.2) is 5.65 Å². The van der Waals surface area contributed by atoms with Crippen molar-refractivity contribution < 1.29 is 13.2 Å². The molecule has 10 nitrogen and oxygen atoms in total. The van der Waals surface area contributed by atoms with Gasteiger partial charge in [0.25, 0.3) is 5.56 Å². The molecule has 2 aromatic heterocycles. The van der Waals surface area contributed by atoms with E-state index in [1.165, 1.54) is 16.4 Å². The molecule has 4 rings (SSSR count). The maximum absolute atomic E-state index is 13.3. The van der Waals surface area contributed by atoms with Crippen molar-refractivity contribution >= 4 is 21.2 Å². The number of H-pyrrole nitrogens is 1. The van der Waals surface area contributed by atoms with E-state index in [9.17, 15) is 13.2 Å². The number of sulfonamides is 1. The van der Waals surface area contributed by atoms with Crippen molar-refractivity contribution in [1.82, 2.24) is 29.0 Å². The van der Waals surface area contributed by atoms with Crippen molar-refractivity contribution in [2.75, 3.05) is 39.8 Å². The van der Waals surface area contributed by atoms with Gasteiger partial charge < -0.3 is 14.6 Å². The Morgan fingerprint density at radius 2 is 1.85 bits per heavy atom. The van der Waals surface area contributed by atoms with Crippen LogP contribution in [-0.2, 0) is 23.5 Å². The lowest BCUT2D eigenvalue weighted by atomic mass is 10.1. The number of benzene rings is 1. The minimum atomic E-state index is -3.72. The molecule has 0 atom stereocenters. The maximum Gasteiger partial charge on any atom is 0.276 e. The largest absolute Gasteiger partial charge is 0.493 e. The highest BCUT2D eigenvalue weighted by molar-refractivity contribution is 7.89. The number of piperazine rings is 1. The van der Waals surface area contributed by atoms with Crippen molar-refractivity contribution in [1.29, 1.82) is 0 Å². The van der Waals surface area contributed by atoms with Crippen LogP contribution >= 0.6 is 0 Å². The average Bonchev–Trinajstić information content (AvgIpc) is 3.08. The molecule has 1 saturated heterocycles. The molecule has 11 heteroatoms. The highest BCUT2D eigenvalue weighted by atomic mass is 32.2. The maximum atomic E-state index is 13.3. The SMILES string of the molecule is CCCc1nn(C)c2[nH]c(=O)c(-c3cc(S(=O)(=O)N4CCN(C)CC4)ccc3OCC)nc12. The van der Waals surface area contributed by atoms with Crippen molar-refractivity contribution in [3.8, 4) is 17.0 Å². The summed E-state index contributed by atoms with van der Waals surface area (Å²) in [5.41, 5.74) is 1.96. The highest BCUT2D eigenvalue weighted by Crippen LogP contribution is 2.32. The molecule has 33 heavy (non-hydrogen) atoms. The zero-order chi connectivity index (χ0) is 23.8. The highest BCUT2D eigenvalue weighted by Gasteiger charge is 2.29. The number of likely N-dealkylation sites (N-methyl/N-ethyl adjacent to an activating group) is 1. The molecular formula is C22H30N6O4S. The quantitative estimate of drug-likeness (QED) is 0.553. The van der Waals surface area contributed by atoms with Crippen LogP contribution in [0.25, 0.3) is 22.4 Å². The molecule has 0 saturated carbocycles. The van der Waals surface area contributed by atoms with Gasteiger partial charge in [-0.25, -0.2) is 13.4 Å². The summed E-state index contributed by atoms with van der Waals surface area (Å²) in [6.07, 6.45) is 1.59. The monoisotopic (exact) mass is 474 g/mol. The van der Waals surface area contributed by atoms with E-state index in [2.05, 4.69) is 20.0 Å². The average molecular weight is 475 g/mol. The number of aromatic amines is 1. The first-order chi connectivity index (χ1) is 15.8. The summed E-state index contributed by atoms with van der Waals surface area (Å²) in [5.74, 6) is 0.410. The zero-order valence-electron chi connectivity index (χ0n) is 19.5. The number of nitrogens with one attached hydrogen (secondary N) is 1. The van der Waals surface area contributed by atoms with Gasteiger partial charge in [0.05, 0.1) is 17.2 Å². The molecule has 3 aromatic rings. The molecule has 0 aliphatic carbocycles. The lowest BCUT2D eigenvalue weighted by Crippen LogP contribution is -2.47. The Morgan fingerprint density at radius 1 is 1.12 bits per heavy atom. The van der Waals surface area contributed by atoms with Crippen molar-refractivity contribution in [3.63, 3.8) is 0 Å². The molecule has 1 aliphatic rings. The third-order valence-electron chi connectivity index (χ3n) is 5.86. The van der Waals surface area contributed by atoms with Gasteiger partial charge in [-0.3, -0.25) is 9.48 Å². The predicted molar refractivity (Wildman–Crippen MR) is 126 cm³/mol. The minimum Gasteiger partial charge on any atom is -0.493 e. The Labute approximate surface area is 193 Å². The molecule has 0 radical (unpaired) electrons. The molecule has 0 bridgehead atoms. The van der Waals surface area contributed by atoms with E-state index in [4.69, 9.17) is 4.74 Å². The van der Waals surface area contributed by atoms with E-state index in [1.807, 2.05) is 20.9 Å². The smallest absolute Gasteiger partial charge is 0.276 e. The molecule has 1 aliphatic heterocycles. The van der Waals surface area contributed by atoms with Crippen LogP contribution in [0.2, 0.25) is 0 Å². The van der Waals surface area contributed by atoms with Gasteiger partial charge >= 0.3 is 0 Å². The number of aromatic nitrogens is 4. The van der Waals surface area contributed by atoms with Gasteiger partial charge in [-0.1, -0.05) is 13.3 Å². The van der Waals surface area contributed by atoms with E-state index in [1.54, 1.807) is 17.8 Å². The van der Waals surface area contributed by atoms with Crippen molar-refractivity contribution in [2.45, 2.75) is 31.6 Å². The standard InChI is InChI=1S/C22H30N6O4S/c1-5-7-17-20-21(27(4)25-17)24-22(29)19(23-20)16-14-15(8-9-18(16)32-6-2)33(30,31)28-12-10-26(3)11-13-28/h8-9,14H,5-7,10-13H2,1-4H3,(H,24,29). The van der Waals surface area contributed by atoms with E-state index in [-0.39, 0.29) is 10.6 Å². The topological polar surface area (TPSA) is 113 Å². The summed E-state index contributed by atoms with van der Waals surface area (Å²) in [6, 6.07) is 4.63. The number of hydrogen-bond donors (Lipinski definition) is 1. The first-order valence-electron chi connectivity index (χ1n) is 11.2. The molecule has 1 N–H and O–H groups in total. The van der Waals surface area contributed by atoms with Gasteiger partial charge in [-0.2, -0.15) is 9.40 Å². The van der Waals surface area contributed by atoms with E-state index in [0.717, 1.165) is 12.1 Å². The van der Waals surface area contributed by atoms with Gasteiger partial charge in [0.2, 0.25) is 10.0 Å². The number of hydrogen-bond acceptors (Lipinski definition) is 7. The van der Waals surface area contributed by atoms with Crippen LogP contribution in [0, 0.1) is 0 Å². The Balaban J connectivity index is 1.86. The van der Waals surface area contributed by atoms with Crippen LogP contribution in [0.4, 0.5) is 0 Å². The molecule has 0 unspecified atom stereocenters. The van der Waals surface area contributed by atoms with Crippen LogP contribution in [0.15, 0.2) is 27.9 Å². The lowest BCUT2D eigenvalue weighted by molar-refractivity contribution is 0.222. The van der Waals surface area contributed by atoms with Crippen LogP contribution in [0.5, 0.6) is 5.75 Å². The van der Waals surface area contributed by atoms with Crippen LogP contribution < -0.4 is 10.3 Å². The minimum absolute atomic E-state index is 0.117. The number of aryl methyl sites for hydroxylation is 2. The fourth-order valence-corrected chi connectivity index (χ4v) is 5.51. The molecule has 0 amide bonds. The van der Waals surface area contributed by atoms with E-state index in [0.29, 0.717) is 61.7 Å². The summed E-state index contributed by atoms with van der Waals surface area (Å²) in [7, 11) is 0.00706. The summed E-state index contributed by atoms with van der Waals surface area (Å²) in [6.45, 7) is 6.42.